The molecule has 0 saturated carbocycles. The van der Waals surface area contributed by atoms with Crippen molar-refractivity contribution in [2.75, 3.05) is 0 Å². The fourth-order valence-electron chi connectivity index (χ4n) is 3.15. The molecule has 13 heteroatoms. The predicted molar refractivity (Wildman–Crippen MR) is 96.5 cm³/mol. The highest BCUT2D eigenvalue weighted by Gasteiger charge is 2.90. The molecule has 0 heterocycles. The van der Waals surface area contributed by atoms with Crippen LogP contribution in [-0.4, -0.2) is 35.8 Å². The lowest BCUT2D eigenvalue weighted by atomic mass is 9.91. The molecule has 0 aromatic rings. The van der Waals surface area contributed by atoms with E-state index in [9.17, 15) is 57.1 Å². The maximum atomic E-state index is 13.6. The summed E-state index contributed by atoms with van der Waals surface area (Å²) < 4.78 is 169. The second kappa shape index (κ2) is 12.2. The zero-order valence-corrected chi connectivity index (χ0v) is 18.1. The van der Waals surface area contributed by atoms with Crippen LogP contribution in [-0.2, 0) is 0 Å². The summed E-state index contributed by atoms with van der Waals surface area (Å²) in [5.74, 6) is -36.3. The molecule has 0 atom stereocenters. The summed E-state index contributed by atoms with van der Waals surface area (Å²) in [7, 11) is 0. The molecular formula is C20H29F13. The maximum Gasteiger partial charge on any atom is 0.460 e. The fraction of sp³-hybridized carbons (Fsp3) is 1.00. The molecule has 0 aromatic carbocycles. The van der Waals surface area contributed by atoms with E-state index in [-0.39, 0.29) is 12.8 Å². The van der Waals surface area contributed by atoms with Crippen molar-refractivity contribution in [1.29, 1.82) is 0 Å². The summed E-state index contributed by atoms with van der Waals surface area (Å²) in [5, 5.41) is 0. The minimum Gasteiger partial charge on any atom is -0.200 e. The monoisotopic (exact) mass is 516 g/mol. The fourth-order valence-corrected chi connectivity index (χ4v) is 3.15. The molecule has 0 aliphatic rings. The molecule has 0 aliphatic heterocycles. The molecule has 0 bridgehead atoms. The van der Waals surface area contributed by atoms with E-state index in [1.807, 2.05) is 0 Å². The van der Waals surface area contributed by atoms with Gasteiger partial charge in [-0.05, 0) is 6.42 Å². The lowest BCUT2D eigenvalue weighted by Crippen LogP contribution is -2.70. The molecule has 0 amide bonds. The van der Waals surface area contributed by atoms with Gasteiger partial charge in [-0.25, -0.2) is 0 Å². The summed E-state index contributed by atoms with van der Waals surface area (Å²) in [5.41, 5.74) is 0. The van der Waals surface area contributed by atoms with Gasteiger partial charge in [0.2, 0.25) is 0 Å². The Morgan fingerprint density at radius 2 is 0.667 bits per heavy atom. The van der Waals surface area contributed by atoms with Crippen LogP contribution in [0.3, 0.4) is 0 Å². The molecule has 0 N–H and O–H groups in total. The number of hydrogen-bond donors (Lipinski definition) is 0. The average molecular weight is 516 g/mol. The third-order valence-corrected chi connectivity index (χ3v) is 5.34. The highest BCUT2D eigenvalue weighted by Crippen LogP contribution is 2.60. The molecule has 33 heavy (non-hydrogen) atoms. The third-order valence-electron chi connectivity index (χ3n) is 5.34. The van der Waals surface area contributed by atoms with Gasteiger partial charge < -0.3 is 0 Å². The van der Waals surface area contributed by atoms with Crippen molar-refractivity contribution >= 4 is 0 Å². The van der Waals surface area contributed by atoms with Crippen LogP contribution in [0, 0.1) is 0 Å². The lowest BCUT2D eigenvalue weighted by Gasteiger charge is -2.39. The predicted octanol–water partition coefficient (Wildman–Crippen LogP) is 9.82. The molecule has 0 fully saturated rings. The standard InChI is InChI=1S/C20H29F13/c1-2-3-4-5-6-7-8-9-10-11-12-13-14-15(21,22)16(23,24)17(25,26)18(27,28)19(29,30)20(31,32)33/h2-14H2,1H3. The smallest absolute Gasteiger partial charge is 0.200 e. The molecule has 0 nitrogen and oxygen atoms in total. The third kappa shape index (κ3) is 7.53. The first-order valence-corrected chi connectivity index (χ1v) is 10.8. The summed E-state index contributed by atoms with van der Waals surface area (Å²) >= 11 is 0. The van der Waals surface area contributed by atoms with Crippen LogP contribution in [0.2, 0.25) is 0 Å². The van der Waals surface area contributed by atoms with Gasteiger partial charge in [0.05, 0.1) is 0 Å². The zero-order valence-electron chi connectivity index (χ0n) is 18.1. The SMILES string of the molecule is CCCCCCCCCCCCCCC(F)(F)C(F)(F)C(F)(F)C(F)(F)C(F)(F)C(F)(F)F. The molecule has 0 aliphatic carbocycles. The highest BCUT2D eigenvalue weighted by molar-refractivity contribution is 5.10. The maximum absolute atomic E-state index is 13.6. The molecule has 0 unspecified atom stereocenters. The van der Waals surface area contributed by atoms with Gasteiger partial charge in [-0.15, -0.1) is 0 Å². The van der Waals surface area contributed by atoms with Crippen molar-refractivity contribution in [3.05, 3.63) is 0 Å². The number of rotatable bonds is 17. The van der Waals surface area contributed by atoms with Gasteiger partial charge in [-0.1, -0.05) is 77.6 Å². The van der Waals surface area contributed by atoms with E-state index in [1.165, 1.54) is 0 Å². The van der Waals surface area contributed by atoms with Crippen LogP contribution >= 0.6 is 0 Å². The van der Waals surface area contributed by atoms with Crippen LogP contribution in [0.4, 0.5) is 57.1 Å². The first-order chi connectivity index (χ1) is 14.8. The summed E-state index contributed by atoms with van der Waals surface area (Å²) in [6.07, 6.45) is -1.74. The van der Waals surface area contributed by atoms with E-state index in [1.54, 1.807) is 0 Å². The van der Waals surface area contributed by atoms with Crippen LogP contribution in [0.15, 0.2) is 0 Å². The Kier molecular flexibility index (Phi) is 11.8. The van der Waals surface area contributed by atoms with Crippen LogP contribution < -0.4 is 0 Å². The Morgan fingerprint density at radius 3 is 1.00 bits per heavy atom. The molecule has 0 radical (unpaired) electrons. The number of halogens is 13. The largest absolute Gasteiger partial charge is 0.460 e. The average Bonchev–Trinajstić information content (AvgIpc) is 2.67. The van der Waals surface area contributed by atoms with Gasteiger partial charge >= 0.3 is 35.8 Å². The Labute approximate surface area is 184 Å². The Morgan fingerprint density at radius 1 is 0.364 bits per heavy atom. The van der Waals surface area contributed by atoms with Gasteiger partial charge in [0.25, 0.3) is 0 Å². The zero-order chi connectivity index (χ0) is 26.2. The number of alkyl halides is 13. The summed E-state index contributed by atoms with van der Waals surface area (Å²) in [6, 6.07) is 0. The van der Waals surface area contributed by atoms with E-state index < -0.39 is 48.6 Å². The number of hydrogen-bond acceptors (Lipinski definition) is 0. The van der Waals surface area contributed by atoms with Crippen molar-refractivity contribution < 1.29 is 57.1 Å². The number of unbranched alkanes of at least 4 members (excludes halogenated alkanes) is 11. The van der Waals surface area contributed by atoms with E-state index >= 15 is 0 Å². The van der Waals surface area contributed by atoms with Crippen molar-refractivity contribution in [3.63, 3.8) is 0 Å². The van der Waals surface area contributed by atoms with Gasteiger partial charge in [0, 0.05) is 6.42 Å². The topological polar surface area (TPSA) is 0 Å². The first kappa shape index (κ1) is 32.1. The van der Waals surface area contributed by atoms with Gasteiger partial charge in [0.1, 0.15) is 0 Å². The minimum absolute atomic E-state index is 0.164. The lowest BCUT2D eigenvalue weighted by molar-refractivity contribution is -0.440. The van der Waals surface area contributed by atoms with Crippen LogP contribution in [0.1, 0.15) is 90.4 Å². The van der Waals surface area contributed by atoms with E-state index in [0.717, 1.165) is 44.9 Å². The van der Waals surface area contributed by atoms with Gasteiger partial charge in [-0.3, -0.25) is 0 Å². The van der Waals surface area contributed by atoms with Crippen LogP contribution in [0.5, 0.6) is 0 Å². The second-order valence-corrected chi connectivity index (χ2v) is 8.14. The molecule has 0 rings (SSSR count). The Hall–Kier alpha value is -0.910. The minimum atomic E-state index is -7.82. The van der Waals surface area contributed by atoms with Gasteiger partial charge in [0.15, 0.2) is 0 Å². The molecule has 0 saturated heterocycles. The van der Waals surface area contributed by atoms with Crippen molar-refractivity contribution in [2.45, 2.75) is 126 Å². The van der Waals surface area contributed by atoms with Crippen molar-refractivity contribution in [2.24, 2.45) is 0 Å². The molecule has 200 valence electrons. The summed E-state index contributed by atoms with van der Waals surface area (Å²) in [4.78, 5) is 0. The molecule has 0 spiro atoms. The van der Waals surface area contributed by atoms with Gasteiger partial charge in [-0.2, -0.15) is 57.1 Å². The van der Waals surface area contributed by atoms with E-state index in [0.29, 0.717) is 12.8 Å². The van der Waals surface area contributed by atoms with Crippen molar-refractivity contribution in [3.8, 4) is 0 Å². The quantitative estimate of drug-likeness (QED) is 0.133. The van der Waals surface area contributed by atoms with E-state index in [4.69, 9.17) is 0 Å². The normalized spacial score (nSPS) is 14.7. The molecular weight excluding hydrogens is 487 g/mol. The Balaban J connectivity index is 4.73. The van der Waals surface area contributed by atoms with E-state index in [2.05, 4.69) is 6.92 Å². The first-order valence-electron chi connectivity index (χ1n) is 10.8. The van der Waals surface area contributed by atoms with Crippen molar-refractivity contribution in [1.82, 2.24) is 0 Å². The molecule has 0 aromatic heterocycles. The Bertz CT molecular complexity index is 553. The second-order valence-electron chi connectivity index (χ2n) is 8.14. The summed E-state index contributed by atoms with van der Waals surface area (Å²) in [6.45, 7) is 2.07. The van der Waals surface area contributed by atoms with Crippen LogP contribution in [0.25, 0.3) is 0 Å². The highest BCUT2D eigenvalue weighted by atomic mass is 19.4.